The van der Waals surface area contributed by atoms with Crippen LogP contribution in [0.1, 0.15) is 13.3 Å². The molecule has 0 aromatic carbocycles. The lowest BCUT2D eigenvalue weighted by molar-refractivity contribution is 0.118. The molecule has 1 rings (SSSR count). The smallest absolute Gasteiger partial charge is 0.137 e. The third-order valence-electron chi connectivity index (χ3n) is 1.15. The number of hydrogen-bond acceptors (Lipinski definition) is 1. The SMILES string of the molecule is CC1=CC[C@H](F)CO1. The van der Waals surface area contributed by atoms with Crippen LogP contribution < -0.4 is 0 Å². The standard InChI is InChI=1S/C6H9FO/c1-5-2-3-6(7)4-8-5/h2,6H,3-4H2,1H3/t6-/m0/s1. The second-order valence-electron chi connectivity index (χ2n) is 1.96. The first-order chi connectivity index (χ1) is 3.79. The highest BCUT2D eigenvalue weighted by Gasteiger charge is 2.09. The predicted octanol–water partition coefficient (Wildman–Crippen LogP) is 1.65. The normalized spacial score (nSPS) is 28.8. The number of alkyl halides is 1. The van der Waals surface area contributed by atoms with Gasteiger partial charge in [-0.05, 0) is 13.0 Å². The minimum atomic E-state index is -0.779. The summed E-state index contributed by atoms with van der Waals surface area (Å²) < 4.78 is 17.1. The highest BCUT2D eigenvalue weighted by atomic mass is 19.1. The summed E-state index contributed by atoms with van der Waals surface area (Å²) in [6, 6.07) is 0. The fraction of sp³-hybridized carbons (Fsp3) is 0.667. The van der Waals surface area contributed by atoms with Crippen molar-refractivity contribution in [1.82, 2.24) is 0 Å². The Morgan fingerprint density at radius 2 is 2.62 bits per heavy atom. The lowest BCUT2D eigenvalue weighted by Crippen LogP contribution is -2.12. The Bertz CT molecular complexity index is 109. The van der Waals surface area contributed by atoms with Gasteiger partial charge in [0, 0.05) is 6.42 Å². The maximum Gasteiger partial charge on any atom is 0.137 e. The van der Waals surface area contributed by atoms with Gasteiger partial charge in [-0.15, -0.1) is 0 Å². The van der Waals surface area contributed by atoms with Crippen molar-refractivity contribution in [3.63, 3.8) is 0 Å². The summed E-state index contributed by atoms with van der Waals surface area (Å²) in [5.41, 5.74) is 0. The van der Waals surface area contributed by atoms with Gasteiger partial charge in [0.1, 0.15) is 12.8 Å². The molecule has 1 nitrogen and oxygen atoms in total. The topological polar surface area (TPSA) is 9.23 Å². The van der Waals surface area contributed by atoms with Crippen LogP contribution in [0.4, 0.5) is 4.39 Å². The Balaban J connectivity index is 2.42. The second kappa shape index (κ2) is 2.16. The summed E-state index contributed by atoms with van der Waals surface area (Å²) >= 11 is 0. The fourth-order valence-corrected chi connectivity index (χ4v) is 0.643. The molecule has 0 amide bonds. The van der Waals surface area contributed by atoms with E-state index in [0.717, 1.165) is 5.76 Å². The van der Waals surface area contributed by atoms with Crippen LogP contribution in [0.25, 0.3) is 0 Å². The maximum atomic E-state index is 12.2. The summed E-state index contributed by atoms with van der Waals surface area (Å²) in [5.74, 6) is 0.846. The van der Waals surface area contributed by atoms with Gasteiger partial charge in [0.25, 0.3) is 0 Å². The molecular formula is C6H9FO. The molecule has 1 heterocycles. The molecule has 0 N–H and O–H groups in total. The Morgan fingerprint density at radius 3 is 3.00 bits per heavy atom. The molecule has 0 spiro atoms. The van der Waals surface area contributed by atoms with E-state index >= 15 is 0 Å². The van der Waals surface area contributed by atoms with Crippen LogP contribution >= 0.6 is 0 Å². The van der Waals surface area contributed by atoms with Crippen molar-refractivity contribution in [3.8, 4) is 0 Å². The van der Waals surface area contributed by atoms with Crippen molar-refractivity contribution >= 4 is 0 Å². The molecule has 0 radical (unpaired) electrons. The van der Waals surface area contributed by atoms with Gasteiger partial charge in [0.15, 0.2) is 0 Å². The summed E-state index contributed by atoms with van der Waals surface area (Å²) in [6.45, 7) is 2.08. The number of rotatable bonds is 0. The molecule has 1 atom stereocenters. The molecule has 46 valence electrons. The number of halogens is 1. The minimum Gasteiger partial charge on any atom is -0.496 e. The van der Waals surface area contributed by atoms with Crippen LogP contribution in [-0.4, -0.2) is 12.8 Å². The number of allylic oxidation sites excluding steroid dienone is 2. The van der Waals surface area contributed by atoms with E-state index in [1.165, 1.54) is 0 Å². The van der Waals surface area contributed by atoms with Crippen molar-refractivity contribution in [3.05, 3.63) is 11.8 Å². The first kappa shape index (κ1) is 5.60. The molecule has 0 saturated heterocycles. The van der Waals surface area contributed by atoms with Gasteiger partial charge in [-0.2, -0.15) is 0 Å². The molecule has 1 aliphatic rings. The lowest BCUT2D eigenvalue weighted by Gasteiger charge is -2.14. The highest BCUT2D eigenvalue weighted by molar-refractivity contribution is 4.94. The van der Waals surface area contributed by atoms with E-state index in [1.807, 2.05) is 6.92 Å². The van der Waals surface area contributed by atoms with E-state index in [-0.39, 0.29) is 6.61 Å². The molecule has 0 bridgehead atoms. The van der Waals surface area contributed by atoms with Crippen molar-refractivity contribution in [2.24, 2.45) is 0 Å². The highest BCUT2D eigenvalue weighted by Crippen LogP contribution is 2.11. The van der Waals surface area contributed by atoms with Crippen LogP contribution in [0.2, 0.25) is 0 Å². The monoisotopic (exact) mass is 116 g/mol. The van der Waals surface area contributed by atoms with E-state index in [0.29, 0.717) is 6.42 Å². The molecule has 0 saturated carbocycles. The van der Waals surface area contributed by atoms with E-state index in [2.05, 4.69) is 0 Å². The van der Waals surface area contributed by atoms with E-state index in [4.69, 9.17) is 4.74 Å². The molecule has 0 aromatic rings. The van der Waals surface area contributed by atoms with Crippen LogP contribution in [0, 0.1) is 0 Å². The lowest BCUT2D eigenvalue weighted by atomic mass is 10.2. The summed E-state index contributed by atoms with van der Waals surface area (Å²) in [4.78, 5) is 0. The molecule has 0 unspecified atom stereocenters. The molecular weight excluding hydrogens is 107 g/mol. The van der Waals surface area contributed by atoms with Gasteiger partial charge >= 0.3 is 0 Å². The van der Waals surface area contributed by atoms with Crippen LogP contribution in [-0.2, 0) is 4.74 Å². The Morgan fingerprint density at radius 1 is 1.88 bits per heavy atom. The van der Waals surface area contributed by atoms with Crippen LogP contribution in [0.15, 0.2) is 11.8 Å². The molecule has 8 heavy (non-hydrogen) atoms. The summed E-state index contributed by atoms with van der Waals surface area (Å²) in [7, 11) is 0. The zero-order valence-electron chi connectivity index (χ0n) is 4.86. The largest absolute Gasteiger partial charge is 0.496 e. The predicted molar refractivity (Wildman–Crippen MR) is 29.2 cm³/mol. The van der Waals surface area contributed by atoms with Crippen molar-refractivity contribution < 1.29 is 9.13 Å². The third-order valence-corrected chi connectivity index (χ3v) is 1.15. The van der Waals surface area contributed by atoms with Gasteiger partial charge in [-0.1, -0.05) is 0 Å². The minimum absolute atomic E-state index is 0.238. The maximum absolute atomic E-state index is 12.2. The van der Waals surface area contributed by atoms with E-state index in [9.17, 15) is 4.39 Å². The molecule has 0 aromatic heterocycles. The fourth-order valence-electron chi connectivity index (χ4n) is 0.643. The third kappa shape index (κ3) is 1.22. The van der Waals surface area contributed by atoms with Crippen LogP contribution in [0.5, 0.6) is 0 Å². The zero-order valence-corrected chi connectivity index (χ0v) is 4.86. The summed E-state index contributed by atoms with van der Waals surface area (Å²) in [5, 5.41) is 0. The van der Waals surface area contributed by atoms with E-state index in [1.54, 1.807) is 6.08 Å². The quantitative estimate of drug-likeness (QED) is 0.467. The zero-order chi connectivity index (χ0) is 5.98. The van der Waals surface area contributed by atoms with Gasteiger partial charge in [-0.3, -0.25) is 0 Å². The Labute approximate surface area is 48.1 Å². The average molecular weight is 116 g/mol. The van der Waals surface area contributed by atoms with Crippen molar-refractivity contribution in [1.29, 1.82) is 0 Å². The number of hydrogen-bond donors (Lipinski definition) is 0. The van der Waals surface area contributed by atoms with Gasteiger partial charge in [0.2, 0.25) is 0 Å². The summed E-state index contributed by atoms with van der Waals surface area (Å²) in [6.07, 6.45) is 1.51. The van der Waals surface area contributed by atoms with Crippen LogP contribution in [0.3, 0.4) is 0 Å². The van der Waals surface area contributed by atoms with Gasteiger partial charge < -0.3 is 4.74 Å². The molecule has 0 aliphatic carbocycles. The van der Waals surface area contributed by atoms with E-state index < -0.39 is 6.17 Å². The first-order valence-corrected chi connectivity index (χ1v) is 2.72. The van der Waals surface area contributed by atoms with Gasteiger partial charge in [0.05, 0.1) is 5.76 Å². The average Bonchev–Trinajstić information content (AvgIpc) is 1.77. The molecule has 2 heteroatoms. The first-order valence-electron chi connectivity index (χ1n) is 2.72. The number of ether oxygens (including phenoxy) is 1. The van der Waals surface area contributed by atoms with Gasteiger partial charge in [-0.25, -0.2) is 4.39 Å². The molecule has 1 aliphatic heterocycles. The Hall–Kier alpha value is -0.530. The Kier molecular flexibility index (Phi) is 1.51. The van der Waals surface area contributed by atoms with Crippen molar-refractivity contribution in [2.45, 2.75) is 19.5 Å². The molecule has 0 fully saturated rings. The second-order valence-corrected chi connectivity index (χ2v) is 1.96. The van der Waals surface area contributed by atoms with Crippen molar-refractivity contribution in [2.75, 3.05) is 6.61 Å².